The van der Waals surface area contributed by atoms with Crippen LogP contribution in [0.1, 0.15) is 24.9 Å². The predicted molar refractivity (Wildman–Crippen MR) is 104 cm³/mol. The van der Waals surface area contributed by atoms with Gasteiger partial charge >= 0.3 is 0 Å². The second kappa shape index (κ2) is 7.82. The molecular weight excluding hydrogens is 324 g/mol. The zero-order valence-electron chi connectivity index (χ0n) is 15.9. The fraction of sp³-hybridized carbons (Fsp3) is 0.524. The van der Waals surface area contributed by atoms with E-state index < -0.39 is 0 Å². The number of rotatable bonds is 5. The van der Waals surface area contributed by atoms with Crippen LogP contribution in [0.2, 0.25) is 0 Å². The minimum atomic E-state index is 0.465. The van der Waals surface area contributed by atoms with Crippen LogP contribution >= 0.6 is 0 Å². The van der Waals surface area contributed by atoms with E-state index in [1.54, 1.807) is 0 Å². The van der Waals surface area contributed by atoms with Gasteiger partial charge in [0, 0.05) is 57.1 Å². The SMILES string of the molecule is CC1=C2CN(C)NC2=CCN1CCC(c1ccccc1)N1CCOCC1. The minimum absolute atomic E-state index is 0.465. The summed E-state index contributed by atoms with van der Waals surface area (Å²) in [7, 11) is 2.10. The van der Waals surface area contributed by atoms with Crippen molar-refractivity contribution in [3.05, 3.63) is 58.9 Å². The summed E-state index contributed by atoms with van der Waals surface area (Å²) < 4.78 is 5.58. The van der Waals surface area contributed by atoms with Crippen LogP contribution in [0.4, 0.5) is 0 Å². The van der Waals surface area contributed by atoms with Gasteiger partial charge < -0.3 is 15.1 Å². The topological polar surface area (TPSA) is 31.0 Å². The van der Waals surface area contributed by atoms with Crippen molar-refractivity contribution in [2.24, 2.45) is 0 Å². The lowest BCUT2D eigenvalue weighted by molar-refractivity contribution is 0.0128. The van der Waals surface area contributed by atoms with Crippen LogP contribution in [0.3, 0.4) is 0 Å². The summed E-state index contributed by atoms with van der Waals surface area (Å²) in [6.45, 7) is 9.09. The Bertz CT molecular complexity index is 679. The molecule has 0 amide bonds. The Morgan fingerprint density at radius 2 is 1.92 bits per heavy atom. The van der Waals surface area contributed by atoms with Crippen LogP contribution in [0.15, 0.2) is 53.4 Å². The lowest BCUT2D eigenvalue weighted by Crippen LogP contribution is -2.40. The van der Waals surface area contributed by atoms with Gasteiger partial charge in [0.2, 0.25) is 0 Å². The van der Waals surface area contributed by atoms with Gasteiger partial charge in [0.25, 0.3) is 0 Å². The second-order valence-corrected chi connectivity index (χ2v) is 7.46. The number of allylic oxidation sites excluding steroid dienone is 1. The molecule has 3 aliphatic heterocycles. The maximum atomic E-state index is 5.58. The number of fused-ring (bicyclic) bond motifs is 1. The van der Waals surface area contributed by atoms with Crippen molar-refractivity contribution in [2.75, 3.05) is 53.0 Å². The van der Waals surface area contributed by atoms with Crippen molar-refractivity contribution >= 4 is 0 Å². The predicted octanol–water partition coefficient (Wildman–Crippen LogP) is 2.37. The first-order valence-electron chi connectivity index (χ1n) is 9.72. The summed E-state index contributed by atoms with van der Waals surface area (Å²) in [4.78, 5) is 5.13. The first-order valence-corrected chi connectivity index (χ1v) is 9.72. The van der Waals surface area contributed by atoms with Crippen molar-refractivity contribution < 1.29 is 4.74 Å². The third-order valence-electron chi connectivity index (χ3n) is 5.80. The molecule has 5 nitrogen and oxygen atoms in total. The molecule has 0 saturated carbocycles. The molecule has 5 heteroatoms. The lowest BCUT2D eigenvalue weighted by Gasteiger charge is -2.37. The molecule has 26 heavy (non-hydrogen) atoms. The van der Waals surface area contributed by atoms with Crippen molar-refractivity contribution in [1.29, 1.82) is 0 Å². The van der Waals surface area contributed by atoms with Crippen LogP contribution in [-0.2, 0) is 4.74 Å². The molecule has 0 radical (unpaired) electrons. The third-order valence-corrected chi connectivity index (χ3v) is 5.80. The lowest BCUT2D eigenvalue weighted by atomic mass is 10.00. The Morgan fingerprint density at radius 1 is 1.15 bits per heavy atom. The number of hydrogen-bond acceptors (Lipinski definition) is 5. The minimum Gasteiger partial charge on any atom is -0.379 e. The van der Waals surface area contributed by atoms with Crippen molar-refractivity contribution in [1.82, 2.24) is 20.2 Å². The van der Waals surface area contributed by atoms with Crippen molar-refractivity contribution in [3.8, 4) is 0 Å². The molecule has 1 unspecified atom stereocenters. The van der Waals surface area contributed by atoms with Gasteiger partial charge in [-0.15, -0.1) is 0 Å². The molecule has 2 fully saturated rings. The van der Waals surface area contributed by atoms with E-state index in [9.17, 15) is 0 Å². The summed E-state index contributed by atoms with van der Waals surface area (Å²) in [5, 5.41) is 2.16. The molecule has 140 valence electrons. The Labute approximate surface area is 156 Å². The van der Waals surface area contributed by atoms with E-state index in [1.165, 1.54) is 22.5 Å². The number of benzene rings is 1. The van der Waals surface area contributed by atoms with Crippen molar-refractivity contribution in [2.45, 2.75) is 19.4 Å². The molecule has 1 aromatic carbocycles. The molecule has 3 heterocycles. The maximum Gasteiger partial charge on any atom is 0.0594 e. The van der Waals surface area contributed by atoms with Gasteiger partial charge in [0.05, 0.1) is 18.9 Å². The van der Waals surface area contributed by atoms with Gasteiger partial charge in [0.1, 0.15) is 0 Å². The second-order valence-electron chi connectivity index (χ2n) is 7.46. The van der Waals surface area contributed by atoms with E-state index in [1.807, 2.05) is 0 Å². The number of nitrogens with zero attached hydrogens (tertiary/aromatic N) is 3. The van der Waals surface area contributed by atoms with E-state index in [2.05, 4.69) is 70.6 Å². The van der Waals surface area contributed by atoms with Crippen molar-refractivity contribution in [3.63, 3.8) is 0 Å². The first-order chi connectivity index (χ1) is 12.7. The highest BCUT2D eigenvalue weighted by atomic mass is 16.5. The standard InChI is InChI=1S/C21H30N4O/c1-17-19-16-23(2)22-20(19)8-10-24(17)11-9-21(18-6-4-3-5-7-18)25-12-14-26-15-13-25/h3-8,21-22H,9-16H2,1-2H3. The summed E-state index contributed by atoms with van der Waals surface area (Å²) in [6, 6.07) is 11.4. The average molecular weight is 354 g/mol. The number of hydrogen-bond donors (Lipinski definition) is 1. The smallest absolute Gasteiger partial charge is 0.0594 e. The van der Waals surface area contributed by atoms with Gasteiger partial charge in [0.15, 0.2) is 0 Å². The largest absolute Gasteiger partial charge is 0.379 e. The monoisotopic (exact) mass is 354 g/mol. The molecule has 0 bridgehead atoms. The molecule has 0 aliphatic carbocycles. The molecule has 0 spiro atoms. The van der Waals surface area contributed by atoms with Gasteiger partial charge in [-0.1, -0.05) is 30.3 Å². The Morgan fingerprint density at radius 3 is 2.69 bits per heavy atom. The van der Waals surface area contributed by atoms with Gasteiger partial charge in [-0.3, -0.25) is 4.90 Å². The zero-order chi connectivity index (χ0) is 17.9. The highest BCUT2D eigenvalue weighted by molar-refractivity contribution is 5.40. The van der Waals surface area contributed by atoms with Crippen LogP contribution in [0, 0.1) is 0 Å². The average Bonchev–Trinajstić information content (AvgIpc) is 3.07. The van der Waals surface area contributed by atoms with Gasteiger partial charge in [-0.25, -0.2) is 5.01 Å². The van der Waals surface area contributed by atoms with Crippen LogP contribution in [-0.4, -0.2) is 67.8 Å². The molecule has 1 aromatic rings. The summed E-state index contributed by atoms with van der Waals surface area (Å²) in [6.07, 6.45) is 3.47. The van der Waals surface area contributed by atoms with E-state index in [0.29, 0.717) is 6.04 Å². The maximum absolute atomic E-state index is 5.58. The summed E-state index contributed by atoms with van der Waals surface area (Å²) in [5.41, 5.74) is 9.03. The highest BCUT2D eigenvalue weighted by Gasteiger charge is 2.27. The number of ether oxygens (including phenoxy) is 1. The van der Waals surface area contributed by atoms with Crippen LogP contribution < -0.4 is 5.43 Å². The molecule has 2 saturated heterocycles. The molecule has 1 atom stereocenters. The van der Waals surface area contributed by atoms with E-state index >= 15 is 0 Å². The Kier molecular flexibility index (Phi) is 5.29. The van der Waals surface area contributed by atoms with Gasteiger partial charge in [-0.05, 0) is 25.0 Å². The van der Waals surface area contributed by atoms with E-state index in [4.69, 9.17) is 4.74 Å². The van der Waals surface area contributed by atoms with E-state index in [0.717, 1.165) is 52.4 Å². The molecule has 1 N–H and O–H groups in total. The fourth-order valence-corrected chi connectivity index (χ4v) is 4.30. The first kappa shape index (κ1) is 17.6. The summed E-state index contributed by atoms with van der Waals surface area (Å²) in [5.74, 6) is 0. The summed E-state index contributed by atoms with van der Waals surface area (Å²) >= 11 is 0. The number of morpholine rings is 1. The molecule has 3 aliphatic rings. The number of nitrogens with one attached hydrogen (secondary N) is 1. The molecule has 4 rings (SSSR count). The molecule has 0 aromatic heterocycles. The molecular formula is C21H30N4O. The Balaban J connectivity index is 1.47. The zero-order valence-corrected chi connectivity index (χ0v) is 15.9. The van der Waals surface area contributed by atoms with Crippen LogP contribution in [0.25, 0.3) is 0 Å². The number of hydrazine groups is 1. The highest BCUT2D eigenvalue weighted by Crippen LogP contribution is 2.29. The van der Waals surface area contributed by atoms with Crippen LogP contribution in [0.5, 0.6) is 0 Å². The van der Waals surface area contributed by atoms with E-state index in [-0.39, 0.29) is 0 Å². The fourth-order valence-electron chi connectivity index (χ4n) is 4.30. The number of likely N-dealkylation sites (N-methyl/N-ethyl adjacent to an activating group) is 1. The third kappa shape index (κ3) is 3.65. The quantitative estimate of drug-likeness (QED) is 0.877. The van der Waals surface area contributed by atoms with Gasteiger partial charge in [-0.2, -0.15) is 0 Å². The normalized spacial score (nSPS) is 22.8. The Hall–Kier alpha value is -1.82.